The predicted octanol–water partition coefficient (Wildman–Crippen LogP) is 24.7. The SMILES string of the molecule is CCCCC/C=C\C/C=C\CCCCCCCCCCCC(=O)OCC(COC(=O)CCCCCCCCCCCCC/C=C\CCCCCCCCCC)OC(=O)CCCCCCCCCCC/C=C\C/C=C\CCCCCCC. The smallest absolute Gasteiger partial charge is 0.306 e. The first kappa shape index (κ1) is 78.1. The largest absolute Gasteiger partial charge is 0.462 e. The maximum absolute atomic E-state index is 13.0. The second-order valence-electron chi connectivity index (χ2n) is 24.1. The molecule has 0 aromatic heterocycles. The summed E-state index contributed by atoms with van der Waals surface area (Å²) in [6.07, 6.45) is 89.5. The molecule has 1 unspecified atom stereocenters. The Morgan fingerprint density at radius 2 is 0.444 bits per heavy atom. The van der Waals surface area contributed by atoms with E-state index in [1.165, 1.54) is 270 Å². The van der Waals surface area contributed by atoms with Gasteiger partial charge in [0.25, 0.3) is 0 Å². The van der Waals surface area contributed by atoms with Gasteiger partial charge in [-0.05, 0) is 109 Å². The fraction of sp³-hybridized carbons (Fsp3) is 0.827. The molecular weight excluding hydrogens is 997 g/mol. The first-order valence-corrected chi connectivity index (χ1v) is 35.8. The summed E-state index contributed by atoms with van der Waals surface area (Å²) in [5, 5.41) is 0. The third-order valence-electron chi connectivity index (χ3n) is 16.0. The van der Waals surface area contributed by atoms with Crippen LogP contribution in [0.2, 0.25) is 0 Å². The summed E-state index contributed by atoms with van der Waals surface area (Å²) in [5.41, 5.74) is 0. The highest BCUT2D eigenvalue weighted by Crippen LogP contribution is 2.17. The van der Waals surface area contributed by atoms with E-state index in [0.29, 0.717) is 19.3 Å². The van der Waals surface area contributed by atoms with E-state index < -0.39 is 6.10 Å². The van der Waals surface area contributed by atoms with Crippen LogP contribution in [0.1, 0.15) is 380 Å². The molecule has 0 aromatic carbocycles. The summed E-state index contributed by atoms with van der Waals surface area (Å²) in [6.45, 7) is 6.66. The zero-order valence-corrected chi connectivity index (χ0v) is 54.3. The van der Waals surface area contributed by atoms with Crippen LogP contribution in [0.3, 0.4) is 0 Å². The predicted molar refractivity (Wildman–Crippen MR) is 353 cm³/mol. The second-order valence-corrected chi connectivity index (χ2v) is 24.1. The molecule has 0 heterocycles. The van der Waals surface area contributed by atoms with Gasteiger partial charge in [0.05, 0.1) is 0 Å². The van der Waals surface area contributed by atoms with Crippen molar-refractivity contribution in [1.82, 2.24) is 0 Å². The van der Waals surface area contributed by atoms with Gasteiger partial charge in [0.2, 0.25) is 0 Å². The van der Waals surface area contributed by atoms with Crippen molar-refractivity contribution >= 4 is 17.9 Å². The van der Waals surface area contributed by atoms with Gasteiger partial charge in [-0.1, -0.05) is 313 Å². The van der Waals surface area contributed by atoms with Gasteiger partial charge in [-0.3, -0.25) is 14.4 Å². The highest BCUT2D eigenvalue weighted by molar-refractivity contribution is 5.71. The summed E-state index contributed by atoms with van der Waals surface area (Å²) in [6, 6.07) is 0. The van der Waals surface area contributed by atoms with E-state index in [9.17, 15) is 14.4 Å². The number of esters is 3. The van der Waals surface area contributed by atoms with Crippen LogP contribution in [0.15, 0.2) is 60.8 Å². The average molecular weight is 1130 g/mol. The first-order chi connectivity index (χ1) is 40.0. The lowest BCUT2D eigenvalue weighted by Crippen LogP contribution is -2.30. The van der Waals surface area contributed by atoms with E-state index in [0.717, 1.165) is 70.6 Å². The molecular formula is C75H136O6. The second kappa shape index (κ2) is 69.6. The number of hydrogen-bond donors (Lipinski definition) is 0. The monoisotopic (exact) mass is 1130 g/mol. The molecule has 0 N–H and O–H groups in total. The van der Waals surface area contributed by atoms with E-state index in [4.69, 9.17) is 14.2 Å². The highest BCUT2D eigenvalue weighted by Gasteiger charge is 2.19. The van der Waals surface area contributed by atoms with Crippen molar-refractivity contribution < 1.29 is 28.6 Å². The Balaban J connectivity index is 4.35. The Kier molecular flexibility index (Phi) is 67.1. The molecule has 0 spiro atoms. The molecule has 0 amide bonds. The Bertz CT molecular complexity index is 1440. The van der Waals surface area contributed by atoms with Gasteiger partial charge in [0, 0.05) is 19.3 Å². The Morgan fingerprint density at radius 1 is 0.247 bits per heavy atom. The summed E-state index contributed by atoms with van der Waals surface area (Å²) in [7, 11) is 0. The number of ether oxygens (including phenoxy) is 3. The third kappa shape index (κ3) is 67.8. The molecule has 0 saturated carbocycles. The van der Waals surface area contributed by atoms with Crippen LogP contribution >= 0.6 is 0 Å². The maximum atomic E-state index is 13.0. The summed E-state index contributed by atoms with van der Waals surface area (Å²) in [4.78, 5) is 38.5. The standard InChI is InChI=1S/C75H136O6/c1-4-7-10-13-16-19-22-25-28-31-34-36-37-39-41-44-47-50-53-56-59-62-65-68-74(77)80-71-72(70-79-73(76)67-64-61-58-55-52-49-46-43-40-33-30-27-24-21-18-15-12-9-6-3)81-75(78)69-66-63-60-57-54-51-48-45-42-38-35-32-29-26-23-20-17-14-11-8-5-2/h18,21,23,26-27,30-32,34-35,72H,4-17,19-20,22,24-25,28-29,33,36-71H2,1-3H3/b21-18-,26-23-,30-27-,34-31-,35-32-. The van der Waals surface area contributed by atoms with Crippen molar-refractivity contribution in [3.63, 3.8) is 0 Å². The molecule has 0 aliphatic heterocycles. The lowest BCUT2D eigenvalue weighted by molar-refractivity contribution is -0.167. The van der Waals surface area contributed by atoms with Crippen LogP contribution < -0.4 is 0 Å². The van der Waals surface area contributed by atoms with Gasteiger partial charge in [-0.2, -0.15) is 0 Å². The molecule has 0 aliphatic carbocycles. The van der Waals surface area contributed by atoms with Crippen LogP contribution in [0.25, 0.3) is 0 Å². The van der Waals surface area contributed by atoms with Crippen molar-refractivity contribution in [3.8, 4) is 0 Å². The summed E-state index contributed by atoms with van der Waals surface area (Å²) in [5.74, 6) is -0.860. The number of carbonyl (C=O) groups excluding carboxylic acids is 3. The molecule has 0 fully saturated rings. The number of rotatable bonds is 66. The van der Waals surface area contributed by atoms with Crippen molar-refractivity contribution in [3.05, 3.63) is 60.8 Å². The fourth-order valence-electron chi connectivity index (χ4n) is 10.6. The van der Waals surface area contributed by atoms with Gasteiger partial charge in [-0.15, -0.1) is 0 Å². The Hall–Kier alpha value is -2.89. The minimum atomic E-state index is -0.780. The molecule has 0 aromatic rings. The van der Waals surface area contributed by atoms with E-state index in [2.05, 4.69) is 81.5 Å². The molecule has 0 rings (SSSR count). The van der Waals surface area contributed by atoms with Gasteiger partial charge in [0.15, 0.2) is 6.10 Å². The first-order valence-electron chi connectivity index (χ1n) is 35.8. The molecule has 6 heteroatoms. The normalized spacial score (nSPS) is 12.4. The highest BCUT2D eigenvalue weighted by atomic mass is 16.6. The molecule has 6 nitrogen and oxygen atoms in total. The molecule has 81 heavy (non-hydrogen) atoms. The number of unbranched alkanes of at least 4 members (excludes halogenated alkanes) is 45. The van der Waals surface area contributed by atoms with Crippen molar-refractivity contribution in [2.75, 3.05) is 13.2 Å². The van der Waals surface area contributed by atoms with Gasteiger partial charge in [0.1, 0.15) is 13.2 Å². The molecule has 1 atom stereocenters. The van der Waals surface area contributed by atoms with Crippen molar-refractivity contribution in [2.24, 2.45) is 0 Å². The zero-order valence-electron chi connectivity index (χ0n) is 54.3. The lowest BCUT2D eigenvalue weighted by atomic mass is 10.0. The minimum Gasteiger partial charge on any atom is -0.462 e. The van der Waals surface area contributed by atoms with Crippen molar-refractivity contribution in [1.29, 1.82) is 0 Å². The Morgan fingerprint density at radius 3 is 0.716 bits per heavy atom. The average Bonchev–Trinajstić information content (AvgIpc) is 3.47. The molecule has 0 saturated heterocycles. The molecule has 0 radical (unpaired) electrons. The summed E-state index contributed by atoms with van der Waals surface area (Å²) >= 11 is 0. The fourth-order valence-corrected chi connectivity index (χ4v) is 10.6. The Labute approximate surface area is 504 Å². The van der Waals surface area contributed by atoms with E-state index >= 15 is 0 Å². The summed E-state index contributed by atoms with van der Waals surface area (Å²) < 4.78 is 17.0. The topological polar surface area (TPSA) is 78.9 Å². The van der Waals surface area contributed by atoms with Crippen LogP contribution in [-0.2, 0) is 28.6 Å². The van der Waals surface area contributed by atoms with Gasteiger partial charge >= 0.3 is 17.9 Å². The van der Waals surface area contributed by atoms with E-state index in [1.807, 2.05) is 0 Å². The quantitative estimate of drug-likeness (QED) is 0.0261. The minimum absolute atomic E-state index is 0.0750. The number of hydrogen-bond acceptors (Lipinski definition) is 6. The molecule has 472 valence electrons. The van der Waals surface area contributed by atoms with E-state index in [-0.39, 0.29) is 31.1 Å². The van der Waals surface area contributed by atoms with Crippen LogP contribution in [0.4, 0.5) is 0 Å². The van der Waals surface area contributed by atoms with Gasteiger partial charge in [-0.25, -0.2) is 0 Å². The molecule has 0 aliphatic rings. The third-order valence-corrected chi connectivity index (χ3v) is 16.0. The molecule has 0 bridgehead atoms. The van der Waals surface area contributed by atoms with E-state index in [1.54, 1.807) is 0 Å². The van der Waals surface area contributed by atoms with Crippen LogP contribution in [0.5, 0.6) is 0 Å². The number of carbonyl (C=O) groups is 3. The zero-order chi connectivity index (χ0) is 58.5. The lowest BCUT2D eigenvalue weighted by Gasteiger charge is -2.18. The van der Waals surface area contributed by atoms with Crippen molar-refractivity contribution in [2.45, 2.75) is 386 Å². The number of allylic oxidation sites excluding steroid dienone is 10. The maximum Gasteiger partial charge on any atom is 0.306 e. The van der Waals surface area contributed by atoms with Crippen LogP contribution in [0, 0.1) is 0 Å². The van der Waals surface area contributed by atoms with Gasteiger partial charge < -0.3 is 14.2 Å². The van der Waals surface area contributed by atoms with Crippen LogP contribution in [-0.4, -0.2) is 37.2 Å².